The fourth-order valence-electron chi connectivity index (χ4n) is 6.12. The Morgan fingerprint density at radius 3 is 2.23 bits per heavy atom. The molecule has 0 spiro atoms. The third kappa shape index (κ3) is 2.60. The summed E-state index contributed by atoms with van der Waals surface area (Å²) < 4.78 is 0. The summed E-state index contributed by atoms with van der Waals surface area (Å²) in [4.78, 5) is 15.6. The van der Waals surface area contributed by atoms with Crippen molar-refractivity contribution in [3.63, 3.8) is 0 Å². The lowest BCUT2D eigenvalue weighted by molar-refractivity contribution is -0.145. The number of hydrogen-bond donors (Lipinski definition) is 1. The summed E-state index contributed by atoms with van der Waals surface area (Å²) in [5.74, 6) is 2.83. The lowest BCUT2D eigenvalue weighted by Crippen LogP contribution is -2.54. The minimum atomic E-state index is 0.288. The molecule has 2 bridgehead atoms. The van der Waals surface area contributed by atoms with Crippen molar-refractivity contribution < 1.29 is 4.79 Å². The molecule has 2 N–H and O–H groups in total. The molecule has 1 aliphatic heterocycles. The van der Waals surface area contributed by atoms with Crippen LogP contribution < -0.4 is 5.73 Å². The van der Waals surface area contributed by atoms with Crippen molar-refractivity contribution in [3.05, 3.63) is 0 Å². The fraction of sp³-hybridized carbons (Fsp3) is 0.947. The van der Waals surface area contributed by atoms with Crippen molar-refractivity contribution >= 4 is 5.91 Å². The molecule has 0 aromatic carbocycles. The van der Waals surface area contributed by atoms with Gasteiger partial charge in [0.25, 0.3) is 0 Å². The van der Waals surface area contributed by atoms with Crippen molar-refractivity contribution in [2.45, 2.75) is 82.7 Å². The minimum absolute atomic E-state index is 0.288. The maximum Gasteiger partial charge on any atom is 0.225 e. The highest BCUT2D eigenvalue weighted by atomic mass is 16.2. The molecule has 0 aromatic heterocycles. The zero-order chi connectivity index (χ0) is 15.1. The summed E-state index contributed by atoms with van der Waals surface area (Å²) in [6.07, 6.45) is 13.9. The number of nitrogens with zero attached hydrogens (tertiary/aromatic N) is 1. The molecule has 1 amide bonds. The molecule has 3 aliphatic carbocycles. The number of likely N-dealkylation sites (tertiary alicyclic amines) is 1. The third-order valence-electron chi connectivity index (χ3n) is 7.29. The minimum Gasteiger partial charge on any atom is -0.339 e. The van der Waals surface area contributed by atoms with Crippen LogP contribution in [0.15, 0.2) is 0 Å². The molecule has 1 saturated heterocycles. The van der Waals surface area contributed by atoms with Crippen molar-refractivity contribution in [2.24, 2.45) is 29.4 Å². The van der Waals surface area contributed by atoms with E-state index in [0.717, 1.165) is 25.3 Å². The van der Waals surface area contributed by atoms with Crippen LogP contribution in [0.5, 0.6) is 0 Å². The van der Waals surface area contributed by atoms with Crippen LogP contribution in [0.4, 0.5) is 0 Å². The van der Waals surface area contributed by atoms with Gasteiger partial charge in [0, 0.05) is 24.5 Å². The number of rotatable bonds is 1. The zero-order valence-corrected chi connectivity index (χ0v) is 13.9. The lowest BCUT2D eigenvalue weighted by Gasteiger charge is -2.48. The Morgan fingerprint density at radius 2 is 1.45 bits per heavy atom. The van der Waals surface area contributed by atoms with Gasteiger partial charge in [0.2, 0.25) is 5.91 Å². The third-order valence-corrected chi connectivity index (χ3v) is 7.29. The van der Waals surface area contributed by atoms with E-state index in [9.17, 15) is 4.79 Å². The molecule has 4 aliphatic rings. The van der Waals surface area contributed by atoms with E-state index < -0.39 is 0 Å². The summed E-state index contributed by atoms with van der Waals surface area (Å²) in [7, 11) is 0. The summed E-state index contributed by atoms with van der Waals surface area (Å²) in [5, 5.41) is 0. The molecule has 1 heterocycles. The average Bonchev–Trinajstić information content (AvgIpc) is 2.53. The molecule has 4 atom stereocenters. The zero-order valence-electron chi connectivity index (χ0n) is 13.9. The van der Waals surface area contributed by atoms with Gasteiger partial charge < -0.3 is 10.6 Å². The number of carbonyl (C=O) groups excluding carboxylic acids is 1. The number of piperidine rings is 1. The van der Waals surface area contributed by atoms with Crippen LogP contribution >= 0.6 is 0 Å². The molecule has 4 fully saturated rings. The summed E-state index contributed by atoms with van der Waals surface area (Å²) in [6.45, 7) is 1.03. The molecule has 22 heavy (non-hydrogen) atoms. The standard InChI is InChI=1S/C19H32N2O/c20-18-14-6-3-7-15(18)12-16(11-14)19(22)21-10-4-8-13-5-1-2-9-17(13)21/h13-18H,1-12,20H2. The van der Waals surface area contributed by atoms with Gasteiger partial charge >= 0.3 is 0 Å². The second-order valence-corrected chi connectivity index (χ2v) is 8.48. The molecule has 3 saturated carbocycles. The van der Waals surface area contributed by atoms with Crippen molar-refractivity contribution in [3.8, 4) is 0 Å². The van der Waals surface area contributed by atoms with Gasteiger partial charge in [-0.1, -0.05) is 19.3 Å². The van der Waals surface area contributed by atoms with E-state index in [2.05, 4.69) is 4.90 Å². The van der Waals surface area contributed by atoms with Gasteiger partial charge in [0.15, 0.2) is 0 Å². The SMILES string of the molecule is NC1C2CCCC1CC(C(=O)N1CCCC3CCCCC31)C2. The predicted molar refractivity (Wildman–Crippen MR) is 88.2 cm³/mol. The van der Waals surface area contributed by atoms with Gasteiger partial charge in [-0.25, -0.2) is 0 Å². The highest BCUT2D eigenvalue weighted by Gasteiger charge is 2.44. The number of carbonyl (C=O) groups is 1. The largest absolute Gasteiger partial charge is 0.339 e. The topological polar surface area (TPSA) is 46.3 Å². The first-order chi connectivity index (χ1) is 10.7. The Morgan fingerprint density at radius 1 is 0.818 bits per heavy atom. The molecule has 3 nitrogen and oxygen atoms in total. The highest BCUT2D eigenvalue weighted by Crippen LogP contribution is 2.44. The highest BCUT2D eigenvalue weighted by molar-refractivity contribution is 5.79. The molecule has 124 valence electrons. The first-order valence-corrected chi connectivity index (χ1v) is 9.80. The van der Waals surface area contributed by atoms with E-state index in [1.54, 1.807) is 0 Å². The molecule has 4 unspecified atom stereocenters. The maximum absolute atomic E-state index is 13.2. The summed E-state index contributed by atoms with van der Waals surface area (Å²) in [6, 6.07) is 0.951. The molecule has 4 rings (SSSR count). The second-order valence-electron chi connectivity index (χ2n) is 8.48. The molecular formula is C19H32N2O. The van der Waals surface area contributed by atoms with Crippen LogP contribution in [0.3, 0.4) is 0 Å². The molecule has 0 radical (unpaired) electrons. The number of fused-ring (bicyclic) bond motifs is 3. The van der Waals surface area contributed by atoms with Gasteiger partial charge in [-0.3, -0.25) is 4.79 Å². The number of hydrogen-bond acceptors (Lipinski definition) is 2. The molecule has 0 aromatic rings. The van der Waals surface area contributed by atoms with Gasteiger partial charge in [-0.15, -0.1) is 0 Å². The van der Waals surface area contributed by atoms with Crippen LogP contribution in [0, 0.1) is 23.7 Å². The van der Waals surface area contributed by atoms with E-state index in [-0.39, 0.29) is 5.92 Å². The Balaban J connectivity index is 1.47. The summed E-state index contributed by atoms with van der Waals surface area (Å²) in [5.41, 5.74) is 6.41. The van der Waals surface area contributed by atoms with Gasteiger partial charge in [-0.2, -0.15) is 0 Å². The predicted octanol–water partition coefficient (Wildman–Crippen LogP) is 3.32. The van der Waals surface area contributed by atoms with E-state index in [4.69, 9.17) is 5.73 Å². The van der Waals surface area contributed by atoms with E-state index in [1.165, 1.54) is 57.8 Å². The Kier molecular flexibility index (Phi) is 4.19. The van der Waals surface area contributed by atoms with Crippen molar-refractivity contribution in [2.75, 3.05) is 6.54 Å². The molecular weight excluding hydrogens is 272 g/mol. The van der Waals surface area contributed by atoms with Crippen molar-refractivity contribution in [1.29, 1.82) is 0 Å². The lowest BCUT2D eigenvalue weighted by atomic mass is 9.64. The van der Waals surface area contributed by atoms with E-state index in [0.29, 0.717) is 29.8 Å². The first-order valence-electron chi connectivity index (χ1n) is 9.80. The van der Waals surface area contributed by atoms with Crippen LogP contribution in [0.1, 0.15) is 70.6 Å². The normalized spacial score (nSPS) is 45.2. The van der Waals surface area contributed by atoms with Crippen LogP contribution in [-0.4, -0.2) is 29.4 Å². The maximum atomic E-state index is 13.2. The van der Waals surface area contributed by atoms with Gasteiger partial charge in [0.05, 0.1) is 0 Å². The van der Waals surface area contributed by atoms with Crippen molar-refractivity contribution in [1.82, 2.24) is 4.90 Å². The Labute approximate surface area is 135 Å². The second kappa shape index (κ2) is 6.14. The number of nitrogens with two attached hydrogens (primary N) is 1. The fourth-order valence-corrected chi connectivity index (χ4v) is 6.12. The van der Waals surface area contributed by atoms with Gasteiger partial charge in [0.1, 0.15) is 0 Å². The smallest absolute Gasteiger partial charge is 0.225 e. The first kappa shape index (κ1) is 15.0. The quantitative estimate of drug-likeness (QED) is 0.808. The van der Waals surface area contributed by atoms with E-state index in [1.807, 2.05) is 0 Å². The number of amides is 1. The van der Waals surface area contributed by atoms with Crippen LogP contribution in [0.2, 0.25) is 0 Å². The van der Waals surface area contributed by atoms with Gasteiger partial charge in [-0.05, 0) is 69.1 Å². The average molecular weight is 304 g/mol. The van der Waals surface area contributed by atoms with E-state index >= 15 is 0 Å². The Bertz CT molecular complexity index is 408. The monoisotopic (exact) mass is 304 g/mol. The van der Waals surface area contributed by atoms with Crippen LogP contribution in [-0.2, 0) is 4.79 Å². The molecule has 3 heteroatoms. The summed E-state index contributed by atoms with van der Waals surface area (Å²) >= 11 is 0. The Hall–Kier alpha value is -0.570. The van der Waals surface area contributed by atoms with Crippen LogP contribution in [0.25, 0.3) is 0 Å².